The summed E-state index contributed by atoms with van der Waals surface area (Å²) < 4.78 is 46.3. The Morgan fingerprint density at radius 2 is 1.83 bits per heavy atom. The first-order chi connectivity index (χ1) is 13.8. The lowest BCUT2D eigenvalue weighted by Crippen LogP contribution is -2.36. The highest BCUT2D eigenvalue weighted by Crippen LogP contribution is 2.24. The molecule has 156 valence electrons. The van der Waals surface area contributed by atoms with Crippen molar-refractivity contribution < 1.29 is 27.4 Å². The number of nitrogens with one attached hydrogen (secondary N) is 1. The van der Waals surface area contributed by atoms with Crippen LogP contribution in [0, 0.1) is 6.92 Å². The Morgan fingerprint density at radius 3 is 2.45 bits per heavy atom. The van der Waals surface area contributed by atoms with Crippen molar-refractivity contribution in [2.45, 2.75) is 19.7 Å². The van der Waals surface area contributed by atoms with Crippen LogP contribution in [0.25, 0.3) is 0 Å². The maximum Gasteiger partial charge on any atom is 0.411 e. The van der Waals surface area contributed by atoms with Crippen molar-refractivity contribution in [2.24, 2.45) is 0 Å². The minimum absolute atomic E-state index is 0.163. The third-order valence-electron chi connectivity index (χ3n) is 4.59. The highest BCUT2D eigenvalue weighted by Gasteiger charge is 2.27. The van der Waals surface area contributed by atoms with Crippen molar-refractivity contribution in [2.75, 3.05) is 43.1 Å². The van der Waals surface area contributed by atoms with Crippen LogP contribution in [0.15, 0.2) is 42.5 Å². The molecule has 1 fully saturated rings. The van der Waals surface area contributed by atoms with E-state index in [0.717, 1.165) is 24.3 Å². The van der Waals surface area contributed by atoms with E-state index in [9.17, 15) is 18.0 Å². The average Bonchev–Trinajstić information content (AvgIpc) is 2.69. The van der Waals surface area contributed by atoms with Crippen LogP contribution in [0.3, 0.4) is 0 Å². The number of benzene rings is 2. The van der Waals surface area contributed by atoms with Crippen molar-refractivity contribution in [1.29, 1.82) is 0 Å². The Hall–Kier alpha value is -2.58. The number of amides is 1. The van der Waals surface area contributed by atoms with Crippen LogP contribution >= 0.6 is 0 Å². The van der Waals surface area contributed by atoms with Crippen LogP contribution in [0.2, 0.25) is 0 Å². The molecule has 3 rings (SSSR count). The van der Waals surface area contributed by atoms with Gasteiger partial charge in [0.2, 0.25) is 0 Å². The summed E-state index contributed by atoms with van der Waals surface area (Å²) >= 11 is 0. The van der Waals surface area contributed by atoms with Crippen molar-refractivity contribution in [3.8, 4) is 0 Å². The zero-order chi connectivity index (χ0) is 20.9. The van der Waals surface area contributed by atoms with Crippen molar-refractivity contribution >= 4 is 17.3 Å². The Labute approximate surface area is 167 Å². The fourth-order valence-corrected chi connectivity index (χ4v) is 3.04. The zero-order valence-corrected chi connectivity index (χ0v) is 16.1. The first-order valence-electron chi connectivity index (χ1n) is 9.30. The van der Waals surface area contributed by atoms with Crippen molar-refractivity contribution in [3.63, 3.8) is 0 Å². The van der Waals surface area contributed by atoms with E-state index in [4.69, 9.17) is 4.74 Å². The molecule has 0 radical (unpaired) electrons. The SMILES string of the molecule is Cc1cc(N2CCOCC2)ccc1NC(=O)c1ccc(COCC(F)(F)F)cc1. The van der Waals surface area contributed by atoms with E-state index < -0.39 is 12.8 Å². The predicted molar refractivity (Wildman–Crippen MR) is 104 cm³/mol. The summed E-state index contributed by atoms with van der Waals surface area (Å²) in [4.78, 5) is 14.7. The van der Waals surface area contributed by atoms with E-state index in [2.05, 4.69) is 15.0 Å². The largest absolute Gasteiger partial charge is 0.411 e. The molecule has 0 aliphatic carbocycles. The molecule has 1 heterocycles. The van der Waals surface area contributed by atoms with Crippen LogP contribution in [0.4, 0.5) is 24.5 Å². The summed E-state index contributed by atoms with van der Waals surface area (Å²) in [6.45, 7) is 3.55. The molecule has 1 aliphatic heterocycles. The first kappa shape index (κ1) is 21.1. The average molecular weight is 408 g/mol. The molecule has 5 nitrogen and oxygen atoms in total. The summed E-state index contributed by atoms with van der Waals surface area (Å²) in [5.41, 5.74) is 3.73. The van der Waals surface area contributed by atoms with Gasteiger partial charge in [-0.2, -0.15) is 13.2 Å². The molecule has 2 aromatic carbocycles. The van der Waals surface area contributed by atoms with Crippen LogP contribution in [0.1, 0.15) is 21.5 Å². The Balaban J connectivity index is 1.58. The fourth-order valence-electron chi connectivity index (χ4n) is 3.04. The van der Waals surface area contributed by atoms with Gasteiger partial charge in [-0.25, -0.2) is 0 Å². The third-order valence-corrected chi connectivity index (χ3v) is 4.59. The Kier molecular flexibility index (Phi) is 6.76. The fraction of sp³-hybridized carbons (Fsp3) is 0.381. The molecular formula is C21H23F3N2O3. The van der Waals surface area contributed by atoms with Gasteiger partial charge in [-0.15, -0.1) is 0 Å². The second-order valence-corrected chi connectivity index (χ2v) is 6.86. The number of hydrogen-bond donors (Lipinski definition) is 1. The minimum Gasteiger partial charge on any atom is -0.378 e. The maximum atomic E-state index is 12.5. The van der Waals surface area contributed by atoms with E-state index in [-0.39, 0.29) is 12.5 Å². The minimum atomic E-state index is -4.35. The number of carbonyl (C=O) groups excluding carboxylic acids is 1. The predicted octanol–water partition coefficient (Wildman–Crippen LogP) is 4.16. The normalized spacial score (nSPS) is 14.7. The molecule has 0 unspecified atom stereocenters. The van der Waals surface area contributed by atoms with Gasteiger partial charge in [0.15, 0.2) is 0 Å². The number of anilines is 2. The first-order valence-corrected chi connectivity index (χ1v) is 9.30. The van der Waals surface area contributed by atoms with Crippen LogP contribution in [0.5, 0.6) is 0 Å². The molecule has 2 aromatic rings. The van der Waals surface area contributed by atoms with Gasteiger partial charge in [0.25, 0.3) is 5.91 Å². The monoisotopic (exact) mass is 408 g/mol. The maximum absolute atomic E-state index is 12.5. The number of carbonyl (C=O) groups is 1. The molecule has 1 N–H and O–H groups in total. The number of hydrogen-bond acceptors (Lipinski definition) is 4. The van der Waals surface area contributed by atoms with Gasteiger partial charge < -0.3 is 19.7 Å². The number of morpholine rings is 1. The number of alkyl halides is 3. The van der Waals surface area contributed by atoms with E-state index in [1.165, 1.54) is 0 Å². The van der Waals surface area contributed by atoms with Gasteiger partial charge in [-0.05, 0) is 48.4 Å². The standard InChI is InChI=1S/C21H23F3N2O3/c1-15-12-18(26-8-10-28-11-9-26)6-7-19(15)25-20(27)17-4-2-16(3-5-17)13-29-14-21(22,23)24/h2-7,12H,8-11,13-14H2,1H3,(H,25,27). The molecule has 0 atom stereocenters. The van der Waals surface area contributed by atoms with Gasteiger partial charge in [-0.3, -0.25) is 4.79 Å². The highest BCUT2D eigenvalue weighted by atomic mass is 19.4. The van der Waals surface area contributed by atoms with Gasteiger partial charge in [0.05, 0.1) is 19.8 Å². The van der Waals surface area contributed by atoms with E-state index in [1.54, 1.807) is 24.3 Å². The molecule has 0 saturated carbocycles. The van der Waals surface area contributed by atoms with Gasteiger partial charge in [-0.1, -0.05) is 12.1 Å². The summed E-state index contributed by atoms with van der Waals surface area (Å²) in [7, 11) is 0. The van der Waals surface area contributed by atoms with Gasteiger partial charge in [0.1, 0.15) is 6.61 Å². The smallest absolute Gasteiger partial charge is 0.378 e. The molecule has 1 aliphatic rings. The molecule has 1 saturated heterocycles. The number of ether oxygens (including phenoxy) is 2. The Bertz CT molecular complexity index is 832. The van der Waals surface area contributed by atoms with E-state index in [1.807, 2.05) is 25.1 Å². The lowest BCUT2D eigenvalue weighted by Gasteiger charge is -2.29. The van der Waals surface area contributed by atoms with Gasteiger partial charge >= 0.3 is 6.18 Å². The lowest BCUT2D eigenvalue weighted by molar-refractivity contribution is -0.176. The molecule has 0 spiro atoms. The highest BCUT2D eigenvalue weighted by molar-refractivity contribution is 6.04. The molecule has 0 aromatic heterocycles. The number of nitrogens with zero attached hydrogens (tertiary/aromatic N) is 1. The van der Waals surface area contributed by atoms with Crippen molar-refractivity contribution in [3.05, 3.63) is 59.2 Å². The van der Waals surface area contributed by atoms with E-state index in [0.29, 0.717) is 30.0 Å². The van der Waals surface area contributed by atoms with Crippen LogP contribution in [-0.2, 0) is 16.1 Å². The topological polar surface area (TPSA) is 50.8 Å². The number of aryl methyl sites for hydroxylation is 1. The summed E-state index contributed by atoms with van der Waals surface area (Å²) in [5, 5.41) is 2.88. The van der Waals surface area contributed by atoms with Crippen molar-refractivity contribution in [1.82, 2.24) is 0 Å². The quantitative estimate of drug-likeness (QED) is 0.780. The molecule has 1 amide bonds. The Morgan fingerprint density at radius 1 is 1.14 bits per heavy atom. The summed E-state index contributed by atoms with van der Waals surface area (Å²) in [6.07, 6.45) is -4.35. The van der Waals surface area contributed by atoms with Crippen LogP contribution < -0.4 is 10.2 Å². The molecular weight excluding hydrogens is 385 g/mol. The summed E-state index contributed by atoms with van der Waals surface area (Å²) in [5.74, 6) is -0.282. The molecule has 29 heavy (non-hydrogen) atoms. The molecule has 0 bridgehead atoms. The number of halogens is 3. The summed E-state index contributed by atoms with van der Waals surface area (Å²) in [6, 6.07) is 12.2. The van der Waals surface area contributed by atoms with E-state index >= 15 is 0 Å². The zero-order valence-electron chi connectivity index (χ0n) is 16.1. The third kappa shape index (κ3) is 6.20. The lowest BCUT2D eigenvalue weighted by atomic mass is 10.1. The molecule has 8 heteroatoms. The second kappa shape index (κ2) is 9.28. The second-order valence-electron chi connectivity index (χ2n) is 6.86. The van der Waals surface area contributed by atoms with Crippen LogP contribution in [-0.4, -0.2) is 45.0 Å². The number of rotatable bonds is 6. The van der Waals surface area contributed by atoms with Gasteiger partial charge in [0, 0.05) is 30.0 Å².